The molecule has 0 amide bonds. The van der Waals surface area contributed by atoms with E-state index in [-0.39, 0.29) is 11.5 Å². The molecule has 5 rings (SSSR count). The summed E-state index contributed by atoms with van der Waals surface area (Å²) in [6.45, 7) is 0. The van der Waals surface area contributed by atoms with E-state index in [0.717, 1.165) is 72.6 Å². The fourth-order valence-corrected chi connectivity index (χ4v) is 4.41. The van der Waals surface area contributed by atoms with Crippen LogP contribution in [0.5, 0.6) is 11.5 Å². The van der Waals surface area contributed by atoms with Crippen LogP contribution in [0.4, 0.5) is 11.4 Å². The first-order chi connectivity index (χ1) is 15.7. The smallest absolute Gasteiger partial charge is 0.135 e. The van der Waals surface area contributed by atoms with E-state index in [1.165, 1.54) is 11.1 Å². The molecule has 0 bridgehead atoms. The maximum atomic E-state index is 9.71. The standard InChI is InChI=1S/C27H26N2O3/c30-24-11-3-9-22(14-24)28-16-20-7-1-5-18-13-19-6-2-8-21(27(19)32-26(18)20)17-29-23-10-4-12-25(31)15-23/h3-4,9-17,28,30-31H,1-2,5-8H2/b20-16+,29-17?. The van der Waals surface area contributed by atoms with Crippen molar-refractivity contribution in [3.8, 4) is 11.5 Å². The Balaban J connectivity index is 1.44. The summed E-state index contributed by atoms with van der Waals surface area (Å²) < 4.78 is 6.54. The van der Waals surface area contributed by atoms with Gasteiger partial charge >= 0.3 is 0 Å². The van der Waals surface area contributed by atoms with Crippen molar-refractivity contribution in [1.29, 1.82) is 0 Å². The van der Waals surface area contributed by atoms with Crippen LogP contribution in [0, 0.1) is 0 Å². The van der Waals surface area contributed by atoms with Gasteiger partial charge in [0.15, 0.2) is 0 Å². The predicted octanol–water partition coefficient (Wildman–Crippen LogP) is 6.63. The lowest BCUT2D eigenvalue weighted by Crippen LogP contribution is -2.16. The summed E-state index contributed by atoms with van der Waals surface area (Å²) in [6, 6.07) is 14.1. The molecule has 5 heteroatoms. The summed E-state index contributed by atoms with van der Waals surface area (Å²) in [5, 5.41) is 22.7. The van der Waals surface area contributed by atoms with Gasteiger partial charge in [0.2, 0.25) is 0 Å². The minimum Gasteiger partial charge on any atom is -0.508 e. The highest BCUT2D eigenvalue weighted by atomic mass is 16.5. The van der Waals surface area contributed by atoms with E-state index in [9.17, 15) is 10.2 Å². The number of nitrogens with one attached hydrogen (secondary N) is 1. The quantitative estimate of drug-likeness (QED) is 0.480. The molecule has 162 valence electrons. The van der Waals surface area contributed by atoms with Gasteiger partial charge in [0.25, 0.3) is 0 Å². The van der Waals surface area contributed by atoms with E-state index in [0.29, 0.717) is 0 Å². The molecule has 5 nitrogen and oxygen atoms in total. The molecule has 0 atom stereocenters. The van der Waals surface area contributed by atoms with Gasteiger partial charge in [-0.3, -0.25) is 4.99 Å². The number of nitrogens with zero attached hydrogens (tertiary/aromatic N) is 1. The molecule has 0 radical (unpaired) electrons. The van der Waals surface area contributed by atoms with Crippen LogP contribution in [-0.4, -0.2) is 16.4 Å². The van der Waals surface area contributed by atoms with Crippen molar-refractivity contribution >= 4 is 17.6 Å². The second kappa shape index (κ2) is 8.79. The molecule has 0 fully saturated rings. The number of fused-ring (bicyclic) bond motifs is 1. The summed E-state index contributed by atoms with van der Waals surface area (Å²) in [4.78, 5) is 4.57. The van der Waals surface area contributed by atoms with Crippen LogP contribution < -0.4 is 5.32 Å². The number of phenolic OH excluding ortho intramolecular Hbond substituents is 2. The van der Waals surface area contributed by atoms with Gasteiger partial charge in [-0.15, -0.1) is 0 Å². The summed E-state index contributed by atoms with van der Waals surface area (Å²) in [5.41, 5.74) is 6.28. The number of aliphatic imine (C=N–C) groups is 1. The molecule has 0 unspecified atom stereocenters. The van der Waals surface area contributed by atoms with Crippen molar-refractivity contribution in [3.05, 3.63) is 94.6 Å². The molecule has 0 spiro atoms. The lowest BCUT2D eigenvalue weighted by molar-refractivity contribution is 0.293. The molecular weight excluding hydrogens is 400 g/mol. The van der Waals surface area contributed by atoms with E-state index in [1.807, 2.05) is 30.6 Å². The Morgan fingerprint density at radius 1 is 0.875 bits per heavy atom. The van der Waals surface area contributed by atoms with Crippen molar-refractivity contribution in [2.45, 2.75) is 38.5 Å². The van der Waals surface area contributed by atoms with E-state index < -0.39 is 0 Å². The SMILES string of the molecule is Oc1cccc(N=CC2=C3OC4=C(C=C3CCC2)CCC/C4=C\Nc2cccc(O)c2)c1. The van der Waals surface area contributed by atoms with E-state index >= 15 is 0 Å². The van der Waals surface area contributed by atoms with Gasteiger partial charge in [0, 0.05) is 41.4 Å². The molecule has 2 aromatic rings. The van der Waals surface area contributed by atoms with Crippen LogP contribution >= 0.6 is 0 Å². The number of hydrogen-bond acceptors (Lipinski definition) is 5. The maximum absolute atomic E-state index is 9.71. The Morgan fingerprint density at radius 3 is 2.53 bits per heavy atom. The van der Waals surface area contributed by atoms with Gasteiger partial charge in [-0.2, -0.15) is 0 Å². The number of allylic oxidation sites excluding steroid dienone is 5. The third-order valence-corrected chi connectivity index (χ3v) is 5.96. The number of anilines is 1. The van der Waals surface area contributed by atoms with E-state index in [2.05, 4.69) is 16.4 Å². The van der Waals surface area contributed by atoms with Gasteiger partial charge in [-0.05, 0) is 80.0 Å². The van der Waals surface area contributed by atoms with Gasteiger partial charge in [-0.25, -0.2) is 0 Å². The van der Waals surface area contributed by atoms with E-state index in [1.54, 1.807) is 30.3 Å². The minimum atomic E-state index is 0.210. The minimum absolute atomic E-state index is 0.210. The van der Waals surface area contributed by atoms with Crippen LogP contribution in [0.15, 0.2) is 99.6 Å². The highest BCUT2D eigenvalue weighted by molar-refractivity contribution is 5.83. The molecular formula is C27H26N2O3. The number of hydrogen-bond donors (Lipinski definition) is 3. The van der Waals surface area contributed by atoms with Crippen LogP contribution in [0.25, 0.3) is 0 Å². The number of ether oxygens (including phenoxy) is 1. The van der Waals surface area contributed by atoms with Gasteiger partial charge in [-0.1, -0.05) is 12.1 Å². The summed E-state index contributed by atoms with van der Waals surface area (Å²) in [6.07, 6.45) is 12.2. The molecule has 3 N–H and O–H groups in total. The average molecular weight is 427 g/mol. The normalized spacial score (nSPS) is 19.5. The molecule has 2 aliphatic carbocycles. The molecule has 1 heterocycles. The largest absolute Gasteiger partial charge is 0.508 e. The van der Waals surface area contributed by atoms with Crippen LogP contribution in [0.2, 0.25) is 0 Å². The predicted molar refractivity (Wildman–Crippen MR) is 127 cm³/mol. The molecule has 3 aliphatic rings. The van der Waals surface area contributed by atoms with Crippen LogP contribution in [-0.2, 0) is 4.74 Å². The maximum Gasteiger partial charge on any atom is 0.135 e. The second-order valence-corrected chi connectivity index (χ2v) is 8.33. The number of aromatic hydroxyl groups is 2. The summed E-state index contributed by atoms with van der Waals surface area (Å²) in [7, 11) is 0. The monoisotopic (exact) mass is 426 g/mol. The fraction of sp³-hybridized carbons (Fsp3) is 0.222. The fourth-order valence-electron chi connectivity index (χ4n) is 4.41. The molecule has 1 aliphatic heterocycles. The Kier molecular flexibility index (Phi) is 5.55. The Morgan fingerprint density at radius 2 is 1.69 bits per heavy atom. The third kappa shape index (κ3) is 4.33. The molecule has 2 aromatic carbocycles. The Hall–Kier alpha value is -3.73. The highest BCUT2D eigenvalue weighted by Gasteiger charge is 2.28. The topological polar surface area (TPSA) is 74.1 Å². The average Bonchev–Trinajstić information content (AvgIpc) is 2.80. The molecule has 32 heavy (non-hydrogen) atoms. The van der Waals surface area contributed by atoms with Gasteiger partial charge in [0.1, 0.15) is 23.0 Å². The lowest BCUT2D eigenvalue weighted by atomic mass is 9.86. The Labute approximate surface area is 187 Å². The van der Waals surface area contributed by atoms with Gasteiger partial charge < -0.3 is 20.3 Å². The first-order valence-electron chi connectivity index (χ1n) is 11.1. The zero-order chi connectivity index (χ0) is 21.9. The summed E-state index contributed by atoms with van der Waals surface area (Å²) >= 11 is 0. The zero-order valence-electron chi connectivity index (χ0n) is 17.8. The zero-order valence-corrected chi connectivity index (χ0v) is 17.8. The lowest BCUT2D eigenvalue weighted by Gasteiger charge is -2.31. The number of rotatable bonds is 4. The van der Waals surface area contributed by atoms with Crippen molar-refractivity contribution < 1.29 is 14.9 Å². The molecule has 0 aromatic heterocycles. The Bertz CT molecular complexity index is 1200. The summed E-state index contributed by atoms with van der Waals surface area (Å²) in [5.74, 6) is 2.31. The third-order valence-electron chi connectivity index (χ3n) is 5.96. The van der Waals surface area contributed by atoms with Crippen molar-refractivity contribution in [2.75, 3.05) is 5.32 Å². The van der Waals surface area contributed by atoms with Crippen molar-refractivity contribution in [3.63, 3.8) is 0 Å². The highest BCUT2D eigenvalue weighted by Crippen LogP contribution is 2.42. The van der Waals surface area contributed by atoms with Gasteiger partial charge in [0.05, 0.1) is 5.69 Å². The van der Waals surface area contributed by atoms with Crippen LogP contribution in [0.3, 0.4) is 0 Å². The van der Waals surface area contributed by atoms with E-state index in [4.69, 9.17) is 4.74 Å². The number of benzene rings is 2. The first-order valence-corrected chi connectivity index (χ1v) is 11.1. The second-order valence-electron chi connectivity index (χ2n) is 8.33. The molecule has 0 saturated carbocycles. The van der Waals surface area contributed by atoms with Crippen molar-refractivity contribution in [1.82, 2.24) is 0 Å². The molecule has 0 saturated heterocycles. The van der Waals surface area contributed by atoms with Crippen LogP contribution in [0.1, 0.15) is 38.5 Å². The number of phenols is 2. The first kappa shape index (κ1) is 20.2. The van der Waals surface area contributed by atoms with Crippen molar-refractivity contribution in [2.24, 2.45) is 4.99 Å².